The summed E-state index contributed by atoms with van der Waals surface area (Å²) in [5, 5.41) is 9.15. The van der Waals surface area contributed by atoms with Crippen LogP contribution in [0.4, 0.5) is 5.69 Å². The molecule has 0 unspecified atom stereocenters. The largest absolute Gasteiger partial charge is 0.496 e. The van der Waals surface area contributed by atoms with E-state index in [0.717, 1.165) is 5.56 Å². The molecule has 15 heavy (non-hydrogen) atoms. The lowest BCUT2D eigenvalue weighted by atomic mass is 10.1. The summed E-state index contributed by atoms with van der Waals surface area (Å²) in [5.74, 6) is 1.18. The van der Waals surface area contributed by atoms with Gasteiger partial charge in [0.15, 0.2) is 0 Å². The number of aromatic nitrogens is 2. The Balaban J connectivity index is 2.52. The second-order valence-electron chi connectivity index (χ2n) is 3.08. The molecule has 1 aromatic heterocycles. The van der Waals surface area contributed by atoms with Gasteiger partial charge in [0.2, 0.25) is 5.88 Å². The topological polar surface area (TPSA) is 84.2 Å². The molecule has 0 bridgehead atoms. The Kier molecular flexibility index (Phi) is 2.21. The van der Waals surface area contributed by atoms with E-state index in [4.69, 9.17) is 15.6 Å². The average Bonchev–Trinajstić information content (AvgIpc) is 2.64. The third kappa shape index (κ3) is 1.71. The van der Waals surface area contributed by atoms with Crippen LogP contribution in [0.1, 0.15) is 0 Å². The maximum Gasteiger partial charge on any atom is 0.208 e. The van der Waals surface area contributed by atoms with Gasteiger partial charge in [-0.2, -0.15) is 0 Å². The van der Waals surface area contributed by atoms with E-state index in [2.05, 4.69) is 9.97 Å². The first-order valence-corrected chi connectivity index (χ1v) is 4.38. The number of H-pyrrole nitrogens is 1. The molecule has 5 heteroatoms. The third-order valence-corrected chi connectivity index (χ3v) is 2.04. The Morgan fingerprint density at radius 1 is 1.47 bits per heavy atom. The number of nitrogens with one attached hydrogen (secondary N) is 1. The van der Waals surface area contributed by atoms with E-state index in [1.165, 1.54) is 6.20 Å². The molecule has 0 atom stereocenters. The first-order valence-electron chi connectivity index (χ1n) is 4.38. The second-order valence-corrected chi connectivity index (χ2v) is 3.08. The highest BCUT2D eigenvalue weighted by atomic mass is 16.5. The summed E-state index contributed by atoms with van der Waals surface area (Å²) in [6.45, 7) is 0. The van der Waals surface area contributed by atoms with Crippen molar-refractivity contribution >= 4 is 5.69 Å². The zero-order valence-electron chi connectivity index (χ0n) is 8.19. The number of nitrogen functional groups attached to an aromatic ring is 1. The Morgan fingerprint density at radius 3 is 2.87 bits per heavy atom. The van der Waals surface area contributed by atoms with Gasteiger partial charge in [-0.1, -0.05) is 0 Å². The SMILES string of the molecule is COc1cc(N)ccc1-c1ncc(O)[nH]1. The maximum absolute atomic E-state index is 9.15. The van der Waals surface area contributed by atoms with Gasteiger partial charge < -0.3 is 20.6 Å². The van der Waals surface area contributed by atoms with Crippen LogP contribution in [0.15, 0.2) is 24.4 Å². The van der Waals surface area contributed by atoms with Crippen LogP contribution in [-0.2, 0) is 0 Å². The van der Waals surface area contributed by atoms with Gasteiger partial charge in [0, 0.05) is 11.8 Å². The van der Waals surface area contributed by atoms with Crippen molar-refractivity contribution in [2.75, 3.05) is 12.8 Å². The summed E-state index contributed by atoms with van der Waals surface area (Å²) in [6.07, 6.45) is 1.34. The van der Waals surface area contributed by atoms with Crippen molar-refractivity contribution in [2.24, 2.45) is 0 Å². The molecule has 0 aliphatic carbocycles. The molecule has 0 spiro atoms. The van der Waals surface area contributed by atoms with E-state index in [9.17, 15) is 0 Å². The van der Waals surface area contributed by atoms with Crippen LogP contribution >= 0.6 is 0 Å². The number of nitrogens with zero attached hydrogens (tertiary/aromatic N) is 1. The number of rotatable bonds is 2. The summed E-state index contributed by atoms with van der Waals surface area (Å²) >= 11 is 0. The third-order valence-electron chi connectivity index (χ3n) is 2.04. The molecule has 0 aliphatic heterocycles. The first kappa shape index (κ1) is 9.39. The summed E-state index contributed by atoms with van der Waals surface area (Å²) in [7, 11) is 1.56. The normalized spacial score (nSPS) is 10.2. The van der Waals surface area contributed by atoms with Gasteiger partial charge in [0.05, 0.1) is 18.9 Å². The van der Waals surface area contributed by atoms with Crippen molar-refractivity contribution in [2.45, 2.75) is 0 Å². The van der Waals surface area contributed by atoms with E-state index in [-0.39, 0.29) is 5.88 Å². The van der Waals surface area contributed by atoms with Crippen molar-refractivity contribution in [3.63, 3.8) is 0 Å². The van der Waals surface area contributed by atoms with Crippen LogP contribution in [0.25, 0.3) is 11.4 Å². The standard InChI is InChI=1S/C10H11N3O2/c1-15-8-4-6(11)2-3-7(8)10-12-5-9(14)13-10/h2-5,14H,11H2,1H3,(H,12,13). The summed E-state index contributed by atoms with van der Waals surface area (Å²) in [4.78, 5) is 6.71. The van der Waals surface area contributed by atoms with Gasteiger partial charge in [0.25, 0.3) is 0 Å². The lowest BCUT2D eigenvalue weighted by Crippen LogP contribution is -1.92. The van der Waals surface area contributed by atoms with Gasteiger partial charge >= 0.3 is 0 Å². The van der Waals surface area contributed by atoms with Crippen LogP contribution in [0.5, 0.6) is 11.6 Å². The summed E-state index contributed by atoms with van der Waals surface area (Å²) in [5.41, 5.74) is 7.00. The van der Waals surface area contributed by atoms with Crippen molar-refractivity contribution < 1.29 is 9.84 Å². The maximum atomic E-state index is 9.15. The molecule has 0 amide bonds. The number of hydrogen-bond donors (Lipinski definition) is 3. The van der Waals surface area contributed by atoms with E-state index >= 15 is 0 Å². The number of imidazole rings is 1. The molecule has 0 saturated carbocycles. The first-order chi connectivity index (χ1) is 7.20. The number of ether oxygens (including phenoxy) is 1. The Bertz CT molecular complexity index is 479. The highest BCUT2D eigenvalue weighted by molar-refractivity contribution is 5.68. The molecule has 0 radical (unpaired) electrons. The number of anilines is 1. The lowest BCUT2D eigenvalue weighted by Gasteiger charge is -2.06. The Morgan fingerprint density at radius 2 is 2.27 bits per heavy atom. The molecular formula is C10H11N3O2. The fourth-order valence-electron chi connectivity index (χ4n) is 1.35. The number of hydrogen-bond acceptors (Lipinski definition) is 4. The highest BCUT2D eigenvalue weighted by Gasteiger charge is 2.09. The van der Waals surface area contributed by atoms with E-state index < -0.39 is 0 Å². The smallest absolute Gasteiger partial charge is 0.208 e. The van der Waals surface area contributed by atoms with Crippen LogP contribution in [0.3, 0.4) is 0 Å². The molecule has 1 aromatic carbocycles. The minimum atomic E-state index is 0.0175. The minimum absolute atomic E-state index is 0.0175. The molecule has 1 heterocycles. The zero-order valence-corrected chi connectivity index (χ0v) is 8.19. The molecule has 5 nitrogen and oxygen atoms in total. The number of methoxy groups -OCH3 is 1. The Hall–Kier alpha value is -2.17. The van der Waals surface area contributed by atoms with Gasteiger partial charge in [0.1, 0.15) is 11.6 Å². The number of benzene rings is 1. The fourth-order valence-corrected chi connectivity index (χ4v) is 1.35. The molecule has 2 rings (SSSR count). The molecule has 78 valence electrons. The van der Waals surface area contributed by atoms with Crippen LogP contribution in [-0.4, -0.2) is 22.2 Å². The monoisotopic (exact) mass is 205 g/mol. The summed E-state index contributed by atoms with van der Waals surface area (Å²) < 4.78 is 5.17. The van der Waals surface area contributed by atoms with E-state index in [1.54, 1.807) is 25.3 Å². The van der Waals surface area contributed by atoms with Gasteiger partial charge in [-0.25, -0.2) is 4.98 Å². The van der Waals surface area contributed by atoms with E-state index in [0.29, 0.717) is 17.3 Å². The van der Waals surface area contributed by atoms with Gasteiger partial charge in [-0.05, 0) is 12.1 Å². The molecule has 0 aliphatic rings. The quantitative estimate of drug-likeness (QED) is 0.646. The minimum Gasteiger partial charge on any atom is -0.496 e. The molecule has 0 fully saturated rings. The van der Waals surface area contributed by atoms with Gasteiger partial charge in [-0.3, -0.25) is 0 Å². The molecular weight excluding hydrogens is 194 g/mol. The number of nitrogens with two attached hydrogens (primary N) is 1. The Labute approximate surface area is 86.5 Å². The van der Waals surface area contributed by atoms with E-state index in [1.807, 2.05) is 0 Å². The van der Waals surface area contributed by atoms with Crippen molar-refractivity contribution in [3.8, 4) is 23.0 Å². The van der Waals surface area contributed by atoms with Crippen molar-refractivity contribution in [1.29, 1.82) is 0 Å². The number of aromatic amines is 1. The zero-order chi connectivity index (χ0) is 10.8. The van der Waals surface area contributed by atoms with Crippen LogP contribution in [0, 0.1) is 0 Å². The number of aromatic hydroxyl groups is 1. The van der Waals surface area contributed by atoms with Crippen LogP contribution in [0.2, 0.25) is 0 Å². The predicted molar refractivity (Wildman–Crippen MR) is 56.7 cm³/mol. The molecule has 4 N–H and O–H groups in total. The molecule has 0 saturated heterocycles. The van der Waals surface area contributed by atoms with Crippen LogP contribution < -0.4 is 10.5 Å². The highest BCUT2D eigenvalue weighted by Crippen LogP contribution is 2.30. The van der Waals surface area contributed by atoms with Gasteiger partial charge in [-0.15, -0.1) is 0 Å². The average molecular weight is 205 g/mol. The fraction of sp³-hybridized carbons (Fsp3) is 0.100. The summed E-state index contributed by atoms with van der Waals surface area (Å²) in [6, 6.07) is 5.23. The van der Waals surface area contributed by atoms with Crippen molar-refractivity contribution in [1.82, 2.24) is 9.97 Å². The second kappa shape index (κ2) is 3.53. The predicted octanol–water partition coefficient (Wildman–Crippen LogP) is 1.37. The lowest BCUT2D eigenvalue weighted by molar-refractivity contribution is 0.416. The molecule has 2 aromatic rings. The van der Waals surface area contributed by atoms with Crippen molar-refractivity contribution in [3.05, 3.63) is 24.4 Å².